The molecule has 0 saturated carbocycles. The molecule has 0 bridgehead atoms. The first-order chi connectivity index (χ1) is 8.93. The highest BCUT2D eigenvalue weighted by Gasteiger charge is 2.29. The third kappa shape index (κ3) is 3.27. The molecule has 106 valence electrons. The predicted octanol–water partition coefficient (Wildman–Crippen LogP) is 2.86. The Morgan fingerprint density at radius 2 is 2.26 bits per heavy atom. The minimum absolute atomic E-state index is 0.00854. The van der Waals surface area contributed by atoms with Crippen molar-refractivity contribution in [3.8, 4) is 0 Å². The fourth-order valence-electron chi connectivity index (χ4n) is 2.86. The van der Waals surface area contributed by atoms with E-state index in [1.165, 1.54) is 12.1 Å². The number of rotatable bonds is 4. The Kier molecular flexibility index (Phi) is 4.48. The summed E-state index contributed by atoms with van der Waals surface area (Å²) >= 11 is 0. The molecule has 0 spiro atoms. The lowest BCUT2D eigenvalue weighted by molar-refractivity contribution is 0.438. The summed E-state index contributed by atoms with van der Waals surface area (Å²) in [6, 6.07) is 3.71. The van der Waals surface area contributed by atoms with Crippen molar-refractivity contribution in [2.75, 3.05) is 13.1 Å². The minimum Gasteiger partial charge on any atom is -0.316 e. The van der Waals surface area contributed by atoms with E-state index in [0.717, 1.165) is 32.0 Å². The molecule has 1 aromatic rings. The van der Waals surface area contributed by atoms with E-state index in [9.17, 15) is 12.8 Å². The summed E-state index contributed by atoms with van der Waals surface area (Å²) < 4.78 is 36.7. The maximum Gasteiger partial charge on any atom is 0.261 e. The van der Waals surface area contributed by atoms with Crippen LogP contribution in [-0.4, -0.2) is 21.5 Å². The molecular weight excluding hydrogens is 289 g/mol. The first kappa shape index (κ1) is 14.8. The van der Waals surface area contributed by atoms with Gasteiger partial charge in [-0.25, -0.2) is 12.8 Å². The summed E-state index contributed by atoms with van der Waals surface area (Å²) in [5.41, 5.74) is 0.506. The van der Waals surface area contributed by atoms with Gasteiger partial charge < -0.3 is 5.32 Å². The van der Waals surface area contributed by atoms with Crippen molar-refractivity contribution in [2.45, 2.75) is 30.6 Å². The minimum atomic E-state index is -3.85. The van der Waals surface area contributed by atoms with Crippen LogP contribution in [0.2, 0.25) is 0 Å². The second kappa shape index (κ2) is 5.77. The summed E-state index contributed by atoms with van der Waals surface area (Å²) in [6.45, 7) is 3.73. The Morgan fingerprint density at radius 3 is 2.79 bits per heavy atom. The highest BCUT2D eigenvalue weighted by atomic mass is 35.7. The number of hydrogen-bond acceptors (Lipinski definition) is 3. The lowest BCUT2D eigenvalue weighted by atomic mass is 9.83. The van der Waals surface area contributed by atoms with Crippen molar-refractivity contribution < 1.29 is 12.8 Å². The van der Waals surface area contributed by atoms with Gasteiger partial charge in [0.05, 0.1) is 4.90 Å². The lowest BCUT2D eigenvalue weighted by Crippen LogP contribution is -2.18. The maximum atomic E-state index is 13.5. The molecule has 3 nitrogen and oxygen atoms in total. The van der Waals surface area contributed by atoms with Crippen LogP contribution in [0.25, 0.3) is 0 Å². The van der Waals surface area contributed by atoms with Crippen LogP contribution in [0.4, 0.5) is 4.39 Å². The first-order valence-corrected chi connectivity index (χ1v) is 8.69. The molecule has 2 rings (SSSR count). The molecule has 0 radical (unpaired) electrons. The van der Waals surface area contributed by atoms with Gasteiger partial charge >= 0.3 is 0 Å². The van der Waals surface area contributed by atoms with Gasteiger partial charge in [-0.2, -0.15) is 0 Å². The Balaban J connectivity index is 2.49. The second-order valence-electron chi connectivity index (χ2n) is 4.89. The monoisotopic (exact) mass is 305 g/mol. The van der Waals surface area contributed by atoms with Gasteiger partial charge in [0.25, 0.3) is 9.05 Å². The van der Waals surface area contributed by atoms with Crippen LogP contribution in [0.3, 0.4) is 0 Å². The van der Waals surface area contributed by atoms with Crippen LogP contribution in [-0.2, 0) is 9.05 Å². The quantitative estimate of drug-likeness (QED) is 0.870. The van der Waals surface area contributed by atoms with Crippen molar-refractivity contribution in [1.82, 2.24) is 5.32 Å². The average Bonchev–Trinajstić information content (AvgIpc) is 2.82. The summed E-state index contributed by atoms with van der Waals surface area (Å²) in [6.07, 6.45) is 1.73. The summed E-state index contributed by atoms with van der Waals surface area (Å²) in [5.74, 6) is -0.0957. The van der Waals surface area contributed by atoms with Gasteiger partial charge in [-0.3, -0.25) is 0 Å². The summed E-state index contributed by atoms with van der Waals surface area (Å²) in [7, 11) is 1.61. The van der Waals surface area contributed by atoms with Crippen LogP contribution in [0.1, 0.15) is 31.2 Å². The van der Waals surface area contributed by atoms with Gasteiger partial charge in [-0.05, 0) is 61.5 Å². The second-order valence-corrected chi connectivity index (χ2v) is 7.42. The molecule has 1 saturated heterocycles. The topological polar surface area (TPSA) is 46.2 Å². The first-order valence-electron chi connectivity index (χ1n) is 6.38. The number of nitrogens with one attached hydrogen (secondary N) is 1. The molecule has 1 fully saturated rings. The average molecular weight is 306 g/mol. The lowest BCUT2D eigenvalue weighted by Gasteiger charge is -2.23. The Hall–Kier alpha value is -0.650. The Labute approximate surface area is 117 Å². The molecule has 1 N–H and O–H groups in total. The highest BCUT2D eigenvalue weighted by Crippen LogP contribution is 2.36. The zero-order valence-corrected chi connectivity index (χ0v) is 12.3. The standard InChI is InChI=1S/C13H17ClFNO2S/c1-2-11(9-5-6-16-8-9)12-7-10(15)3-4-13(12)19(14,17)18/h3-4,7,9,11,16H,2,5-6,8H2,1H3/t9-,11?/m1/s1. The number of benzene rings is 1. The molecule has 1 heterocycles. The maximum absolute atomic E-state index is 13.5. The van der Waals surface area contributed by atoms with Crippen molar-refractivity contribution in [2.24, 2.45) is 5.92 Å². The zero-order chi connectivity index (χ0) is 14.0. The van der Waals surface area contributed by atoms with E-state index in [1.54, 1.807) is 0 Å². The van der Waals surface area contributed by atoms with E-state index >= 15 is 0 Å². The van der Waals surface area contributed by atoms with Gasteiger partial charge in [0, 0.05) is 10.7 Å². The van der Waals surface area contributed by atoms with Crippen LogP contribution in [0.15, 0.2) is 23.1 Å². The van der Waals surface area contributed by atoms with E-state index < -0.39 is 14.9 Å². The third-order valence-corrected chi connectivity index (χ3v) is 5.14. The Bertz CT molecular complexity index is 556. The molecule has 1 aromatic carbocycles. The molecular formula is C13H17ClFNO2S. The SMILES string of the molecule is CCC(c1cc(F)ccc1S(=O)(=O)Cl)[C@@H]1CCNC1. The Morgan fingerprint density at radius 1 is 1.53 bits per heavy atom. The van der Waals surface area contributed by atoms with E-state index in [-0.39, 0.29) is 10.8 Å². The molecule has 1 aliphatic heterocycles. The van der Waals surface area contributed by atoms with Gasteiger partial charge in [0.1, 0.15) is 5.82 Å². The van der Waals surface area contributed by atoms with Crippen molar-refractivity contribution >= 4 is 19.7 Å². The van der Waals surface area contributed by atoms with Gasteiger partial charge in [0.15, 0.2) is 0 Å². The van der Waals surface area contributed by atoms with Crippen LogP contribution in [0.5, 0.6) is 0 Å². The molecule has 0 aromatic heterocycles. The van der Waals surface area contributed by atoms with Gasteiger partial charge in [-0.15, -0.1) is 0 Å². The zero-order valence-electron chi connectivity index (χ0n) is 10.7. The van der Waals surface area contributed by atoms with E-state index in [2.05, 4.69) is 5.32 Å². The normalized spacial score (nSPS) is 21.5. The van der Waals surface area contributed by atoms with Crippen LogP contribution < -0.4 is 5.32 Å². The molecule has 6 heteroatoms. The molecule has 0 amide bonds. The smallest absolute Gasteiger partial charge is 0.261 e. The van der Waals surface area contributed by atoms with E-state index in [4.69, 9.17) is 10.7 Å². The largest absolute Gasteiger partial charge is 0.316 e. The molecule has 1 aliphatic rings. The fourth-order valence-corrected chi connectivity index (χ4v) is 4.00. The van der Waals surface area contributed by atoms with Gasteiger partial charge in [-0.1, -0.05) is 6.92 Å². The molecule has 0 aliphatic carbocycles. The predicted molar refractivity (Wildman–Crippen MR) is 73.4 cm³/mol. The number of hydrogen-bond donors (Lipinski definition) is 1. The molecule has 1 unspecified atom stereocenters. The highest BCUT2D eigenvalue weighted by molar-refractivity contribution is 8.13. The van der Waals surface area contributed by atoms with Crippen molar-refractivity contribution in [3.63, 3.8) is 0 Å². The van der Waals surface area contributed by atoms with Crippen LogP contribution in [0, 0.1) is 11.7 Å². The summed E-state index contributed by atoms with van der Waals surface area (Å²) in [4.78, 5) is 0.0364. The van der Waals surface area contributed by atoms with Gasteiger partial charge in [0.2, 0.25) is 0 Å². The third-order valence-electron chi connectivity index (χ3n) is 3.74. The fraction of sp³-hybridized carbons (Fsp3) is 0.538. The molecule has 2 atom stereocenters. The van der Waals surface area contributed by atoms with E-state index in [1.807, 2.05) is 6.92 Å². The van der Waals surface area contributed by atoms with Crippen LogP contribution >= 0.6 is 10.7 Å². The van der Waals surface area contributed by atoms with Crippen molar-refractivity contribution in [3.05, 3.63) is 29.6 Å². The summed E-state index contributed by atoms with van der Waals surface area (Å²) in [5, 5.41) is 3.25. The van der Waals surface area contributed by atoms with E-state index in [0.29, 0.717) is 11.5 Å². The number of halogens is 2. The molecule has 19 heavy (non-hydrogen) atoms. The van der Waals surface area contributed by atoms with Crippen molar-refractivity contribution in [1.29, 1.82) is 0 Å².